The van der Waals surface area contributed by atoms with E-state index >= 15 is 0 Å². The minimum Gasteiger partial charge on any atom is -0.450 e. The first-order chi connectivity index (χ1) is 12.9. The first-order valence-corrected chi connectivity index (χ1v) is 10.0. The fourth-order valence-electron chi connectivity index (χ4n) is 2.62. The van der Waals surface area contributed by atoms with Crippen LogP contribution in [-0.2, 0) is 14.3 Å². The van der Waals surface area contributed by atoms with Crippen LogP contribution >= 0.6 is 11.8 Å². The van der Waals surface area contributed by atoms with Crippen molar-refractivity contribution < 1.29 is 23.6 Å². The lowest BCUT2D eigenvalue weighted by molar-refractivity contribution is -0.119. The molecule has 2 heterocycles. The molecule has 0 bridgehead atoms. The molecule has 0 aromatic carbocycles. The lowest BCUT2D eigenvalue weighted by atomic mass is 10.1. The summed E-state index contributed by atoms with van der Waals surface area (Å²) in [5, 5.41) is 8.91. The summed E-state index contributed by atoms with van der Waals surface area (Å²) in [7, 11) is 0. The number of amides is 3. The second-order valence-electron chi connectivity index (χ2n) is 6.29. The molecule has 10 heteroatoms. The Kier molecular flexibility index (Phi) is 7.96. The van der Waals surface area contributed by atoms with Crippen molar-refractivity contribution in [1.82, 2.24) is 15.4 Å². The highest BCUT2D eigenvalue weighted by Gasteiger charge is 2.25. The number of aromatic nitrogens is 1. The topological polar surface area (TPSA) is 114 Å². The predicted octanol–water partition coefficient (Wildman–Crippen LogP) is 1.78. The van der Waals surface area contributed by atoms with Gasteiger partial charge in [-0.1, -0.05) is 5.16 Å². The number of carbonyl (C=O) groups is 3. The summed E-state index contributed by atoms with van der Waals surface area (Å²) < 4.78 is 9.87. The Morgan fingerprint density at radius 2 is 2.11 bits per heavy atom. The third-order valence-electron chi connectivity index (χ3n) is 4.10. The molecule has 1 saturated heterocycles. The van der Waals surface area contributed by atoms with Gasteiger partial charge < -0.3 is 24.8 Å². The molecule has 150 valence electrons. The van der Waals surface area contributed by atoms with E-state index in [2.05, 4.69) is 15.8 Å². The predicted molar refractivity (Wildman–Crippen MR) is 102 cm³/mol. The standard InChI is InChI=1S/C17H26N4O5S/c1-4-25-17(24)21-7-5-13(6-8-21)18-15(22)10-27-12(3)16(23)19-14-9-11(2)26-20-14/h9,12-13H,4-8,10H2,1-3H3,(H,18,22)(H,19,20,23). The molecule has 2 rings (SSSR count). The minimum atomic E-state index is -0.404. The van der Waals surface area contributed by atoms with Gasteiger partial charge in [0.1, 0.15) is 5.76 Å². The Morgan fingerprint density at radius 1 is 1.41 bits per heavy atom. The number of nitrogens with zero attached hydrogens (tertiary/aromatic N) is 2. The van der Waals surface area contributed by atoms with E-state index in [1.54, 1.807) is 31.7 Å². The maximum Gasteiger partial charge on any atom is 0.409 e. The summed E-state index contributed by atoms with van der Waals surface area (Å²) in [6.45, 7) is 6.73. The van der Waals surface area contributed by atoms with Crippen molar-refractivity contribution in [2.45, 2.75) is 44.9 Å². The molecule has 1 unspecified atom stereocenters. The zero-order valence-corrected chi connectivity index (χ0v) is 16.6. The van der Waals surface area contributed by atoms with Gasteiger partial charge in [0.05, 0.1) is 17.6 Å². The average Bonchev–Trinajstić information content (AvgIpc) is 3.05. The van der Waals surface area contributed by atoms with Gasteiger partial charge in [0.2, 0.25) is 11.8 Å². The van der Waals surface area contributed by atoms with Crippen LogP contribution in [0.15, 0.2) is 10.6 Å². The highest BCUT2D eigenvalue weighted by Crippen LogP contribution is 2.15. The summed E-state index contributed by atoms with van der Waals surface area (Å²) >= 11 is 1.25. The Labute approximate surface area is 162 Å². The molecular weight excluding hydrogens is 372 g/mol. The van der Waals surface area contributed by atoms with Gasteiger partial charge in [-0.05, 0) is 33.6 Å². The molecule has 2 N–H and O–H groups in total. The van der Waals surface area contributed by atoms with Crippen molar-refractivity contribution in [2.75, 3.05) is 30.8 Å². The monoisotopic (exact) mass is 398 g/mol. The first kappa shape index (κ1) is 21.1. The van der Waals surface area contributed by atoms with Crippen LogP contribution in [0.3, 0.4) is 0 Å². The van der Waals surface area contributed by atoms with Gasteiger partial charge in [0.15, 0.2) is 5.82 Å². The van der Waals surface area contributed by atoms with E-state index in [4.69, 9.17) is 9.26 Å². The molecule has 9 nitrogen and oxygen atoms in total. The Morgan fingerprint density at radius 3 is 2.70 bits per heavy atom. The van der Waals surface area contributed by atoms with E-state index in [-0.39, 0.29) is 29.7 Å². The average molecular weight is 398 g/mol. The Bertz CT molecular complexity index is 658. The van der Waals surface area contributed by atoms with E-state index < -0.39 is 5.25 Å². The molecule has 1 aliphatic rings. The highest BCUT2D eigenvalue weighted by atomic mass is 32.2. The fraction of sp³-hybridized carbons (Fsp3) is 0.647. The number of hydrogen-bond donors (Lipinski definition) is 2. The van der Waals surface area contributed by atoms with E-state index in [0.717, 1.165) is 0 Å². The number of thioether (sulfide) groups is 1. The van der Waals surface area contributed by atoms with Gasteiger partial charge in [0, 0.05) is 25.2 Å². The van der Waals surface area contributed by atoms with Crippen LogP contribution < -0.4 is 10.6 Å². The lowest BCUT2D eigenvalue weighted by Crippen LogP contribution is -2.47. The van der Waals surface area contributed by atoms with Crippen molar-refractivity contribution in [3.8, 4) is 0 Å². The molecule has 1 aromatic heterocycles. The van der Waals surface area contributed by atoms with Gasteiger partial charge in [-0.2, -0.15) is 0 Å². The van der Waals surface area contributed by atoms with Crippen LogP contribution in [0.2, 0.25) is 0 Å². The minimum absolute atomic E-state index is 0.0333. The number of piperidine rings is 1. The van der Waals surface area contributed by atoms with Crippen molar-refractivity contribution in [3.63, 3.8) is 0 Å². The number of carbonyl (C=O) groups excluding carboxylic acids is 3. The molecule has 3 amide bonds. The van der Waals surface area contributed by atoms with Gasteiger partial charge in [-0.25, -0.2) is 4.79 Å². The lowest BCUT2D eigenvalue weighted by Gasteiger charge is -2.31. The summed E-state index contributed by atoms with van der Waals surface area (Å²) in [5.74, 6) is 0.807. The molecule has 1 aliphatic heterocycles. The van der Waals surface area contributed by atoms with Crippen molar-refractivity contribution in [2.24, 2.45) is 0 Å². The maximum atomic E-state index is 12.1. The SMILES string of the molecule is CCOC(=O)N1CCC(NC(=O)CSC(C)C(=O)Nc2cc(C)on2)CC1. The Balaban J connectivity index is 1.65. The molecule has 1 fully saturated rings. The quantitative estimate of drug-likeness (QED) is 0.719. The number of ether oxygens (including phenoxy) is 1. The summed E-state index contributed by atoms with van der Waals surface area (Å²) in [5.41, 5.74) is 0. The van der Waals surface area contributed by atoms with Crippen LogP contribution in [-0.4, -0.2) is 64.7 Å². The molecule has 1 aromatic rings. The summed E-state index contributed by atoms with van der Waals surface area (Å²) in [4.78, 5) is 37.5. The number of anilines is 1. The van der Waals surface area contributed by atoms with Crippen LogP contribution in [0, 0.1) is 6.92 Å². The molecule has 27 heavy (non-hydrogen) atoms. The van der Waals surface area contributed by atoms with Crippen molar-refractivity contribution in [3.05, 3.63) is 11.8 Å². The third kappa shape index (κ3) is 6.78. The highest BCUT2D eigenvalue weighted by molar-refractivity contribution is 8.01. The van der Waals surface area contributed by atoms with Crippen molar-refractivity contribution >= 4 is 35.5 Å². The molecule has 0 saturated carbocycles. The zero-order valence-electron chi connectivity index (χ0n) is 15.8. The van der Waals surface area contributed by atoms with Crippen molar-refractivity contribution in [1.29, 1.82) is 0 Å². The molecule has 0 radical (unpaired) electrons. The molecular formula is C17H26N4O5S. The van der Waals surface area contributed by atoms with E-state index in [9.17, 15) is 14.4 Å². The van der Waals surface area contributed by atoms with E-state index in [1.165, 1.54) is 11.8 Å². The normalized spacial score (nSPS) is 15.9. The Hall–Kier alpha value is -2.23. The van der Waals surface area contributed by atoms with Crippen LogP contribution in [0.25, 0.3) is 0 Å². The zero-order chi connectivity index (χ0) is 19.8. The van der Waals surface area contributed by atoms with Gasteiger partial charge in [-0.15, -0.1) is 11.8 Å². The van der Waals surface area contributed by atoms with Crippen LogP contribution in [0.4, 0.5) is 10.6 Å². The van der Waals surface area contributed by atoms with Gasteiger partial charge in [-0.3, -0.25) is 9.59 Å². The van der Waals surface area contributed by atoms with Crippen LogP contribution in [0.1, 0.15) is 32.4 Å². The maximum absolute atomic E-state index is 12.1. The first-order valence-electron chi connectivity index (χ1n) is 8.96. The van der Waals surface area contributed by atoms with E-state index in [0.29, 0.717) is 44.1 Å². The molecule has 0 aliphatic carbocycles. The molecule has 1 atom stereocenters. The molecule has 0 spiro atoms. The second kappa shape index (κ2) is 10.2. The van der Waals surface area contributed by atoms with E-state index in [1.807, 2.05) is 0 Å². The van der Waals surface area contributed by atoms with Gasteiger partial charge in [0.25, 0.3) is 0 Å². The van der Waals surface area contributed by atoms with Gasteiger partial charge >= 0.3 is 6.09 Å². The summed E-state index contributed by atoms with van der Waals surface area (Å²) in [6, 6.07) is 1.66. The number of nitrogens with one attached hydrogen (secondary N) is 2. The number of aryl methyl sites for hydroxylation is 1. The fourth-order valence-corrected chi connectivity index (χ4v) is 3.32. The number of rotatable bonds is 7. The second-order valence-corrected chi connectivity index (χ2v) is 7.62. The summed E-state index contributed by atoms with van der Waals surface area (Å²) in [6.07, 6.45) is 1.08. The number of likely N-dealkylation sites (tertiary alicyclic amines) is 1. The third-order valence-corrected chi connectivity index (χ3v) is 5.24. The van der Waals surface area contributed by atoms with Crippen LogP contribution in [0.5, 0.6) is 0 Å². The largest absolute Gasteiger partial charge is 0.450 e. The smallest absolute Gasteiger partial charge is 0.409 e. The number of hydrogen-bond acceptors (Lipinski definition) is 7.